The van der Waals surface area contributed by atoms with Gasteiger partial charge < -0.3 is 19.3 Å². The fourth-order valence-corrected chi connectivity index (χ4v) is 6.17. The van der Waals surface area contributed by atoms with Crippen molar-refractivity contribution in [2.45, 2.75) is 45.0 Å². The maximum Gasteiger partial charge on any atom is 0.391 e. The van der Waals surface area contributed by atoms with Gasteiger partial charge in [-0.1, -0.05) is 17.7 Å². The smallest absolute Gasteiger partial charge is 0.391 e. The summed E-state index contributed by atoms with van der Waals surface area (Å²) in [5, 5.41) is 13.3. The fourth-order valence-electron chi connectivity index (χ4n) is 5.88. The van der Waals surface area contributed by atoms with Gasteiger partial charge in [-0.3, -0.25) is 9.69 Å². The molecule has 12 heteroatoms. The van der Waals surface area contributed by atoms with E-state index in [9.17, 15) is 23.1 Å². The number of amides is 1. The van der Waals surface area contributed by atoms with Gasteiger partial charge in [0.05, 0.1) is 35.5 Å². The molecule has 1 N–H and O–H groups in total. The van der Waals surface area contributed by atoms with Gasteiger partial charge in [0.1, 0.15) is 11.4 Å². The maximum atomic E-state index is 13.2. The van der Waals surface area contributed by atoms with Crippen LogP contribution in [0.3, 0.4) is 0 Å². The molecule has 5 rings (SSSR count). The molecule has 3 aromatic rings. The Hall–Kier alpha value is -2.89. The summed E-state index contributed by atoms with van der Waals surface area (Å²) in [6.45, 7) is 5.01. The summed E-state index contributed by atoms with van der Waals surface area (Å²) in [6.07, 6.45) is -2.47. The van der Waals surface area contributed by atoms with Crippen molar-refractivity contribution in [2.24, 2.45) is 18.9 Å². The van der Waals surface area contributed by atoms with Crippen molar-refractivity contribution in [1.29, 1.82) is 0 Å². The Morgan fingerprint density at radius 2 is 1.88 bits per heavy atom. The van der Waals surface area contributed by atoms with Gasteiger partial charge in [0.2, 0.25) is 11.8 Å². The van der Waals surface area contributed by atoms with Crippen LogP contribution in [0.1, 0.15) is 42.4 Å². The number of hydrogen-bond acceptors (Lipinski definition) is 6. The lowest BCUT2D eigenvalue weighted by atomic mass is 9.74. The van der Waals surface area contributed by atoms with Gasteiger partial charge in [-0.15, -0.1) is 0 Å². The number of imidazole rings is 1. The van der Waals surface area contributed by atoms with Crippen LogP contribution in [-0.4, -0.2) is 74.8 Å². The number of nitrogens with zero attached hydrogens (tertiary/aromatic N) is 5. The molecule has 2 aromatic heterocycles. The number of aliphatic hydroxyl groups is 1. The average molecular weight is 580 g/mol. The van der Waals surface area contributed by atoms with E-state index in [1.54, 1.807) is 23.2 Å². The summed E-state index contributed by atoms with van der Waals surface area (Å²) in [4.78, 5) is 24.6. The zero-order valence-electron chi connectivity index (χ0n) is 22.9. The SMILES string of the molecule is COc1nc2ccc(C(O)(c3cnc(C)n3C)C3CN(C(C)=O)C3)cc2c(Cl)c1CN1CCC(C(F)(F)F)CC1. The number of methoxy groups -OCH3 is 1. The number of halogens is 4. The first-order valence-electron chi connectivity index (χ1n) is 13.3. The molecule has 1 aromatic carbocycles. The van der Waals surface area contributed by atoms with Crippen LogP contribution >= 0.6 is 11.6 Å². The molecule has 1 amide bonds. The lowest BCUT2D eigenvalue weighted by molar-refractivity contribution is -0.185. The molecule has 4 heterocycles. The van der Waals surface area contributed by atoms with Crippen molar-refractivity contribution in [3.8, 4) is 5.88 Å². The summed E-state index contributed by atoms with van der Waals surface area (Å²) in [5.74, 6) is -0.573. The number of fused-ring (bicyclic) bond motifs is 1. The number of benzene rings is 1. The van der Waals surface area contributed by atoms with Crippen molar-refractivity contribution in [2.75, 3.05) is 33.3 Å². The van der Waals surface area contributed by atoms with Crippen LogP contribution in [0, 0.1) is 18.8 Å². The average Bonchev–Trinajstić information content (AvgIpc) is 3.22. The first-order valence-corrected chi connectivity index (χ1v) is 13.6. The standard InChI is InChI=1S/C28H33ClF3N5O3/c1-16-33-12-24(35(16)3)27(39,20-13-37(14-20)17(2)38)19-5-6-23-21(11-19)25(29)22(26(34-23)40-4)15-36-9-7-18(8-10-36)28(30,31)32/h5-6,11-12,18,20,39H,7-10,13-15H2,1-4H3. The predicted octanol–water partition coefficient (Wildman–Crippen LogP) is 4.43. The predicted molar refractivity (Wildman–Crippen MR) is 144 cm³/mol. The minimum atomic E-state index is -4.19. The molecular weight excluding hydrogens is 547 g/mol. The number of piperidine rings is 1. The molecule has 40 heavy (non-hydrogen) atoms. The van der Waals surface area contributed by atoms with Gasteiger partial charge >= 0.3 is 6.18 Å². The first-order chi connectivity index (χ1) is 18.8. The Bertz CT molecular complexity index is 1430. The number of carbonyl (C=O) groups excluding carboxylic acids is 1. The van der Waals surface area contributed by atoms with Crippen LogP contribution in [0.5, 0.6) is 5.88 Å². The lowest BCUT2D eigenvalue weighted by Crippen LogP contribution is -2.58. The van der Waals surface area contributed by atoms with Crippen molar-refractivity contribution in [3.63, 3.8) is 0 Å². The van der Waals surface area contributed by atoms with Crippen LogP contribution in [0.2, 0.25) is 5.02 Å². The molecular formula is C28H33ClF3N5O3. The number of pyridine rings is 1. The second-order valence-corrected chi connectivity index (χ2v) is 11.3. The minimum Gasteiger partial charge on any atom is -0.481 e. The molecule has 216 valence electrons. The Kier molecular flexibility index (Phi) is 7.52. The summed E-state index contributed by atoms with van der Waals surface area (Å²) in [5.41, 5.74) is 0.877. The molecule has 2 aliphatic rings. The maximum absolute atomic E-state index is 13.2. The molecule has 0 bridgehead atoms. The van der Waals surface area contributed by atoms with Crippen LogP contribution in [0.4, 0.5) is 13.2 Å². The second-order valence-electron chi connectivity index (χ2n) is 10.9. The van der Waals surface area contributed by atoms with Gasteiger partial charge in [0.25, 0.3) is 0 Å². The number of aromatic nitrogens is 3. The van der Waals surface area contributed by atoms with Crippen LogP contribution in [0.25, 0.3) is 10.9 Å². The van der Waals surface area contributed by atoms with Crippen molar-refractivity contribution >= 4 is 28.4 Å². The van der Waals surface area contributed by atoms with Gasteiger partial charge in [-0.2, -0.15) is 13.2 Å². The van der Waals surface area contributed by atoms with Crippen molar-refractivity contribution in [3.05, 3.63) is 52.1 Å². The summed E-state index contributed by atoms with van der Waals surface area (Å²) in [6, 6.07) is 5.38. The summed E-state index contributed by atoms with van der Waals surface area (Å²) in [7, 11) is 3.32. The number of carbonyl (C=O) groups is 1. The van der Waals surface area contributed by atoms with Crippen molar-refractivity contribution in [1.82, 2.24) is 24.3 Å². The number of rotatable bonds is 6. The topological polar surface area (TPSA) is 83.7 Å². The number of likely N-dealkylation sites (tertiary alicyclic amines) is 2. The molecule has 0 radical (unpaired) electrons. The van der Waals surface area contributed by atoms with Crippen molar-refractivity contribution < 1.29 is 27.8 Å². The number of hydrogen-bond donors (Lipinski definition) is 1. The largest absolute Gasteiger partial charge is 0.481 e. The monoisotopic (exact) mass is 579 g/mol. The third-order valence-corrected chi connectivity index (χ3v) is 9.00. The second kappa shape index (κ2) is 10.5. The molecule has 2 fully saturated rings. The van der Waals surface area contributed by atoms with E-state index in [2.05, 4.69) is 9.97 Å². The molecule has 1 atom stereocenters. The summed E-state index contributed by atoms with van der Waals surface area (Å²) < 4.78 is 46.9. The van der Waals surface area contributed by atoms with Gasteiger partial charge in [0, 0.05) is 50.5 Å². The normalized spacial score (nSPS) is 19.1. The van der Waals surface area contributed by atoms with E-state index in [-0.39, 0.29) is 37.8 Å². The summed E-state index contributed by atoms with van der Waals surface area (Å²) >= 11 is 6.96. The zero-order chi connectivity index (χ0) is 29.0. The molecule has 0 saturated carbocycles. The first kappa shape index (κ1) is 28.6. The van der Waals surface area contributed by atoms with E-state index < -0.39 is 17.7 Å². The van der Waals surface area contributed by atoms with Gasteiger partial charge in [0.15, 0.2) is 0 Å². The van der Waals surface area contributed by atoms with Crippen LogP contribution < -0.4 is 4.74 Å². The zero-order valence-corrected chi connectivity index (χ0v) is 23.7. The minimum absolute atomic E-state index is 0.0322. The quantitative estimate of drug-likeness (QED) is 0.465. The molecule has 0 spiro atoms. The molecule has 0 aliphatic carbocycles. The van der Waals surface area contributed by atoms with Crippen LogP contribution in [0.15, 0.2) is 24.4 Å². The Labute approximate surface area is 235 Å². The van der Waals surface area contributed by atoms with E-state index in [4.69, 9.17) is 16.3 Å². The van der Waals surface area contributed by atoms with Gasteiger partial charge in [-0.05, 0) is 50.6 Å². The van der Waals surface area contributed by atoms with E-state index >= 15 is 0 Å². The third-order valence-electron chi connectivity index (χ3n) is 8.57. The number of ether oxygens (including phenoxy) is 1. The highest BCUT2D eigenvalue weighted by atomic mass is 35.5. The Morgan fingerprint density at radius 1 is 1.20 bits per heavy atom. The highest BCUT2D eigenvalue weighted by Crippen LogP contribution is 2.44. The number of alkyl halides is 3. The van der Waals surface area contributed by atoms with E-state index in [0.717, 1.165) is 5.82 Å². The third kappa shape index (κ3) is 4.92. The Balaban J connectivity index is 1.53. The van der Waals surface area contributed by atoms with E-state index in [1.165, 1.54) is 14.0 Å². The molecule has 2 aliphatic heterocycles. The van der Waals surface area contributed by atoms with Gasteiger partial charge in [-0.25, -0.2) is 9.97 Å². The highest BCUT2D eigenvalue weighted by Gasteiger charge is 2.49. The van der Waals surface area contributed by atoms with E-state index in [1.807, 2.05) is 29.5 Å². The lowest BCUT2D eigenvalue weighted by Gasteiger charge is -2.48. The molecule has 1 unspecified atom stereocenters. The highest BCUT2D eigenvalue weighted by molar-refractivity contribution is 6.36. The molecule has 8 nitrogen and oxygen atoms in total. The Morgan fingerprint density at radius 3 is 2.42 bits per heavy atom. The fraction of sp³-hybridized carbons (Fsp3) is 0.536. The number of aryl methyl sites for hydroxylation is 1. The van der Waals surface area contributed by atoms with Crippen LogP contribution in [-0.2, 0) is 24.0 Å². The molecule has 2 saturated heterocycles. The van der Waals surface area contributed by atoms with E-state index in [0.29, 0.717) is 58.3 Å².